The Bertz CT molecular complexity index is 1910. The van der Waals surface area contributed by atoms with Gasteiger partial charge in [-0.1, -0.05) is 42.3 Å². The molecule has 8 rings (SSSR count). The van der Waals surface area contributed by atoms with Crippen molar-refractivity contribution in [1.82, 2.24) is 15.4 Å². The molecule has 9 unspecified atom stereocenters. The first-order valence-corrected chi connectivity index (χ1v) is 20.2. The Morgan fingerprint density at radius 1 is 1.11 bits per heavy atom. The molecule has 4 aliphatic carbocycles. The molecule has 2 N–H and O–H groups in total. The van der Waals surface area contributed by atoms with Crippen LogP contribution in [0.4, 0.5) is 0 Å². The minimum Gasteiger partial charge on any atom is -0.490 e. The summed E-state index contributed by atoms with van der Waals surface area (Å²) in [4.78, 5) is 52.0. The summed E-state index contributed by atoms with van der Waals surface area (Å²) in [5.41, 5.74) is 2.70. The third-order valence-corrected chi connectivity index (χ3v) is 15.6. The first-order chi connectivity index (χ1) is 25.1. The number of carboxylic acid groups (broad SMARTS) is 1. The maximum Gasteiger partial charge on any atom is 0.327 e. The number of hydrogen-bond donors (Lipinski definition) is 2. The quantitative estimate of drug-likeness (QED) is 0.158. The van der Waals surface area contributed by atoms with Gasteiger partial charge in [-0.25, -0.2) is 4.79 Å². The number of β-lactam (4-membered cyclic amide) rings is 1. The molecule has 6 aliphatic rings. The molecule has 3 saturated carbocycles. The smallest absolute Gasteiger partial charge is 0.327 e. The third kappa shape index (κ3) is 5.84. The molecule has 3 heterocycles. The van der Waals surface area contributed by atoms with Crippen molar-refractivity contribution < 1.29 is 38.3 Å². The van der Waals surface area contributed by atoms with Crippen LogP contribution in [0.15, 0.2) is 34.4 Å². The molecule has 11 nitrogen and oxygen atoms in total. The SMILES string of the molecule is Cc1onc(-c2ccc(OCCOC3CCC4C5CC=C6CC(=O)CCC6(C)C5CCC34C)c(Cl)c2)c1C(=O)NC1C(=O)N2C1SC(C)(C)C2C(=O)O. The Hall–Kier alpha value is -3.35. The van der Waals surface area contributed by atoms with Gasteiger partial charge in [-0.15, -0.1) is 11.8 Å². The number of thioether (sulfide) groups is 1. The second-order valence-electron chi connectivity index (χ2n) is 17.0. The molecule has 1 aromatic carbocycles. The minimum absolute atomic E-state index is 0.130. The lowest BCUT2D eigenvalue weighted by atomic mass is 9.48. The van der Waals surface area contributed by atoms with E-state index in [1.165, 1.54) is 35.1 Å². The molecule has 9 atom stereocenters. The largest absolute Gasteiger partial charge is 0.490 e. The van der Waals surface area contributed by atoms with Crippen LogP contribution in [0.5, 0.6) is 5.75 Å². The standard InChI is InChI=1S/C40H48ClN3O8S/c1-20-30(34(46)42-32-35(47)44-33(37(48)49)38(2,3)53-36(32)44)31(43-52-20)21-6-10-28(27(41)18-21)50-16-17-51-29-11-9-25-24-8-7-22-19-23(45)12-14-39(22,4)26(24)13-15-40(25,29)5/h6-7,10,18,24-26,29,32-33,36H,8-9,11-17,19H2,1-5H3,(H,42,46)(H,48,49). The third-order valence-electron chi connectivity index (χ3n) is 13.8. The summed E-state index contributed by atoms with van der Waals surface area (Å²) in [5.74, 6) is 1.04. The lowest BCUT2D eigenvalue weighted by Gasteiger charge is -2.57. The summed E-state index contributed by atoms with van der Waals surface area (Å²) in [7, 11) is 0. The van der Waals surface area contributed by atoms with Crippen LogP contribution < -0.4 is 10.1 Å². The first kappa shape index (κ1) is 36.6. The Morgan fingerprint density at radius 3 is 2.66 bits per heavy atom. The zero-order valence-corrected chi connectivity index (χ0v) is 32.5. The fourth-order valence-electron chi connectivity index (χ4n) is 11.0. The number of amides is 2. The Balaban J connectivity index is 0.872. The average molecular weight is 766 g/mol. The highest BCUT2D eigenvalue weighted by atomic mass is 35.5. The number of fused-ring (bicyclic) bond motifs is 6. The molecule has 0 radical (unpaired) electrons. The molecule has 0 bridgehead atoms. The molecular formula is C40H48ClN3O8S. The second kappa shape index (κ2) is 13.2. The van der Waals surface area contributed by atoms with Crippen LogP contribution in [0.2, 0.25) is 5.02 Å². The van der Waals surface area contributed by atoms with Gasteiger partial charge in [-0.2, -0.15) is 0 Å². The molecule has 2 saturated heterocycles. The van der Waals surface area contributed by atoms with E-state index in [9.17, 15) is 24.3 Å². The number of halogens is 1. The molecule has 284 valence electrons. The van der Waals surface area contributed by atoms with Gasteiger partial charge in [0.2, 0.25) is 5.91 Å². The molecule has 53 heavy (non-hydrogen) atoms. The predicted octanol–water partition coefficient (Wildman–Crippen LogP) is 6.84. The summed E-state index contributed by atoms with van der Waals surface area (Å²) in [6.07, 6.45) is 10.6. The Morgan fingerprint density at radius 2 is 1.91 bits per heavy atom. The highest BCUT2D eigenvalue weighted by Gasteiger charge is 2.64. The summed E-state index contributed by atoms with van der Waals surface area (Å²) in [6, 6.07) is 3.33. The normalized spacial score (nSPS) is 35.4. The highest BCUT2D eigenvalue weighted by molar-refractivity contribution is 8.01. The van der Waals surface area contributed by atoms with Crippen molar-refractivity contribution in [3.05, 3.63) is 46.2 Å². The number of hydrogen-bond acceptors (Lipinski definition) is 9. The fourth-order valence-corrected chi connectivity index (χ4v) is 12.9. The van der Waals surface area contributed by atoms with Gasteiger partial charge >= 0.3 is 5.97 Å². The maximum absolute atomic E-state index is 13.5. The van der Waals surface area contributed by atoms with Crippen molar-refractivity contribution in [3.63, 3.8) is 0 Å². The number of Topliss-reactive ketones (excluding diaryl/α,β-unsaturated/α-hetero) is 1. The predicted molar refractivity (Wildman–Crippen MR) is 199 cm³/mol. The summed E-state index contributed by atoms with van der Waals surface area (Å²) in [5, 5.41) is 16.5. The zero-order chi connectivity index (χ0) is 37.6. The first-order valence-electron chi connectivity index (χ1n) is 18.9. The minimum atomic E-state index is -1.07. The molecule has 0 spiro atoms. The Kier molecular flexibility index (Phi) is 9.09. The number of benzene rings is 1. The second-order valence-corrected chi connectivity index (χ2v) is 19.1. The van der Waals surface area contributed by atoms with Crippen molar-refractivity contribution >= 4 is 46.9 Å². The van der Waals surface area contributed by atoms with Crippen LogP contribution in [0, 0.1) is 35.5 Å². The van der Waals surface area contributed by atoms with E-state index in [-0.39, 0.29) is 34.0 Å². The number of nitrogens with one attached hydrogen (secondary N) is 1. The number of aromatic nitrogens is 1. The van der Waals surface area contributed by atoms with Crippen LogP contribution in [-0.4, -0.2) is 80.3 Å². The maximum atomic E-state index is 13.5. The fraction of sp³-hybridized carbons (Fsp3) is 0.625. The summed E-state index contributed by atoms with van der Waals surface area (Å²) >= 11 is 8.04. The van der Waals surface area contributed by atoms with Crippen molar-refractivity contribution in [3.8, 4) is 17.0 Å². The number of ether oxygens (including phenoxy) is 2. The van der Waals surface area contributed by atoms with Gasteiger partial charge in [0.05, 0.1) is 17.7 Å². The Labute approximate surface area is 318 Å². The zero-order valence-electron chi connectivity index (χ0n) is 30.9. The number of ketones is 1. The molecule has 5 fully saturated rings. The van der Waals surface area contributed by atoms with Crippen LogP contribution in [0.1, 0.15) is 95.2 Å². The molecule has 13 heteroatoms. The van der Waals surface area contributed by atoms with Crippen molar-refractivity contribution in [1.29, 1.82) is 0 Å². The molecular weight excluding hydrogens is 718 g/mol. The van der Waals surface area contributed by atoms with Gasteiger partial charge in [-0.05, 0) is 106 Å². The number of aryl methyl sites for hydroxylation is 1. The van der Waals surface area contributed by atoms with Gasteiger partial charge in [0.15, 0.2) is 0 Å². The number of allylic oxidation sites excluding steroid dienone is 2. The van der Waals surface area contributed by atoms with Gasteiger partial charge in [0.25, 0.3) is 5.91 Å². The van der Waals surface area contributed by atoms with Crippen molar-refractivity contribution in [2.45, 2.75) is 114 Å². The summed E-state index contributed by atoms with van der Waals surface area (Å²) < 4.78 is 17.3. The van der Waals surface area contributed by atoms with Crippen LogP contribution in [0.3, 0.4) is 0 Å². The lowest BCUT2D eigenvalue weighted by Crippen LogP contribution is -2.70. The number of rotatable bonds is 9. The number of carboxylic acids is 1. The van der Waals surface area contributed by atoms with Gasteiger partial charge in [0, 0.05) is 23.2 Å². The molecule has 1 aromatic heterocycles. The number of nitrogens with zero attached hydrogens (tertiary/aromatic N) is 2. The average Bonchev–Trinajstić information content (AvgIpc) is 3.74. The number of aliphatic carboxylic acids is 1. The van der Waals surface area contributed by atoms with E-state index in [2.05, 4.69) is 30.4 Å². The van der Waals surface area contributed by atoms with E-state index < -0.39 is 40.0 Å². The van der Waals surface area contributed by atoms with Crippen LogP contribution in [-0.2, 0) is 19.1 Å². The van der Waals surface area contributed by atoms with E-state index in [1.807, 2.05) is 0 Å². The van der Waals surface area contributed by atoms with E-state index in [0.717, 1.165) is 32.1 Å². The molecule has 2 amide bonds. The topological polar surface area (TPSA) is 148 Å². The molecule has 2 aromatic rings. The van der Waals surface area contributed by atoms with Gasteiger partial charge in [0.1, 0.15) is 52.6 Å². The van der Waals surface area contributed by atoms with E-state index in [1.54, 1.807) is 39.0 Å². The molecule has 2 aliphatic heterocycles. The van der Waals surface area contributed by atoms with E-state index >= 15 is 0 Å². The number of carbonyl (C=O) groups excluding carboxylic acids is 3. The summed E-state index contributed by atoms with van der Waals surface area (Å²) in [6.45, 7) is 10.8. The van der Waals surface area contributed by atoms with Crippen molar-refractivity contribution in [2.75, 3.05) is 13.2 Å². The van der Waals surface area contributed by atoms with E-state index in [4.69, 9.17) is 25.6 Å². The highest BCUT2D eigenvalue weighted by Crippen LogP contribution is 2.65. The lowest BCUT2D eigenvalue weighted by molar-refractivity contribution is -0.159. The van der Waals surface area contributed by atoms with Crippen LogP contribution in [0.25, 0.3) is 11.3 Å². The number of carbonyl (C=O) groups is 4. The van der Waals surface area contributed by atoms with Crippen molar-refractivity contribution in [2.24, 2.45) is 28.6 Å². The monoisotopic (exact) mass is 765 g/mol. The van der Waals surface area contributed by atoms with Gasteiger partial charge in [-0.3, -0.25) is 14.4 Å². The van der Waals surface area contributed by atoms with E-state index in [0.29, 0.717) is 59.5 Å². The van der Waals surface area contributed by atoms with Crippen LogP contribution >= 0.6 is 23.4 Å². The van der Waals surface area contributed by atoms with Gasteiger partial charge < -0.3 is 29.3 Å².